The van der Waals surface area contributed by atoms with E-state index in [4.69, 9.17) is 11.6 Å². The van der Waals surface area contributed by atoms with E-state index in [9.17, 15) is 9.59 Å². The molecule has 2 amide bonds. The van der Waals surface area contributed by atoms with Gasteiger partial charge in [0, 0.05) is 32.1 Å². The van der Waals surface area contributed by atoms with Crippen molar-refractivity contribution in [1.29, 1.82) is 0 Å². The minimum atomic E-state index is 0.00740. The number of carbonyl (C=O) groups excluding carboxylic acids is 2. The maximum Gasteiger partial charge on any atom is 0.255 e. The monoisotopic (exact) mass is 334 g/mol. The quantitative estimate of drug-likeness (QED) is 0.851. The summed E-state index contributed by atoms with van der Waals surface area (Å²) in [6.07, 6.45) is 3.34. The number of benzene rings is 1. The summed E-state index contributed by atoms with van der Waals surface area (Å²) in [6, 6.07) is 7.51. The Morgan fingerprint density at radius 2 is 2.09 bits per heavy atom. The maximum atomic E-state index is 12.7. The molecule has 2 fully saturated rings. The highest BCUT2D eigenvalue weighted by Gasteiger charge is 2.40. The zero-order chi connectivity index (χ0) is 16.4. The van der Waals surface area contributed by atoms with Crippen LogP contribution in [0.1, 0.15) is 43.0 Å². The number of rotatable bonds is 3. The average Bonchev–Trinajstić information content (AvgIpc) is 2.57. The summed E-state index contributed by atoms with van der Waals surface area (Å²) >= 11 is 6.16. The van der Waals surface area contributed by atoms with Gasteiger partial charge in [-0.15, -0.1) is 0 Å². The topological polar surface area (TPSA) is 40.6 Å². The van der Waals surface area contributed by atoms with E-state index in [0.717, 1.165) is 32.4 Å². The number of hydrogen-bond acceptors (Lipinski definition) is 2. The minimum Gasteiger partial charge on any atom is -0.339 e. The predicted octanol–water partition coefficient (Wildman–Crippen LogP) is 3.20. The fraction of sp³-hybridized carbons (Fsp3) is 0.556. The van der Waals surface area contributed by atoms with Crippen molar-refractivity contribution in [3.05, 3.63) is 34.9 Å². The lowest BCUT2D eigenvalue weighted by Gasteiger charge is -2.47. The van der Waals surface area contributed by atoms with Crippen molar-refractivity contribution in [2.24, 2.45) is 5.92 Å². The third kappa shape index (κ3) is 3.23. The van der Waals surface area contributed by atoms with Crippen molar-refractivity contribution in [2.45, 2.75) is 38.6 Å². The Balaban J connectivity index is 1.72. The third-order valence-electron chi connectivity index (χ3n) is 5.00. The number of hydrogen-bond donors (Lipinski definition) is 0. The summed E-state index contributed by atoms with van der Waals surface area (Å²) < 4.78 is 0. The molecule has 1 aromatic carbocycles. The molecule has 0 unspecified atom stereocenters. The lowest BCUT2D eigenvalue weighted by molar-refractivity contribution is -0.140. The van der Waals surface area contributed by atoms with Crippen LogP contribution < -0.4 is 0 Å². The number of amides is 2. The van der Waals surface area contributed by atoms with E-state index in [0.29, 0.717) is 35.5 Å². The second-order valence-corrected chi connectivity index (χ2v) is 6.88. The summed E-state index contributed by atoms with van der Waals surface area (Å²) in [5.41, 5.74) is 0.574. The van der Waals surface area contributed by atoms with Crippen LogP contribution in [0.15, 0.2) is 24.3 Å². The van der Waals surface area contributed by atoms with E-state index < -0.39 is 0 Å². The van der Waals surface area contributed by atoms with Gasteiger partial charge < -0.3 is 9.80 Å². The molecule has 1 aromatic rings. The molecule has 5 heteroatoms. The molecule has 2 aliphatic heterocycles. The van der Waals surface area contributed by atoms with Gasteiger partial charge in [-0.3, -0.25) is 9.59 Å². The van der Waals surface area contributed by atoms with Gasteiger partial charge >= 0.3 is 0 Å². The van der Waals surface area contributed by atoms with Gasteiger partial charge in [-0.2, -0.15) is 0 Å². The first kappa shape index (κ1) is 16.3. The van der Waals surface area contributed by atoms with Crippen molar-refractivity contribution in [1.82, 2.24) is 9.80 Å². The van der Waals surface area contributed by atoms with Gasteiger partial charge in [0.25, 0.3) is 5.91 Å². The van der Waals surface area contributed by atoms with Crippen LogP contribution in [0.3, 0.4) is 0 Å². The van der Waals surface area contributed by atoms with Crippen molar-refractivity contribution in [3.63, 3.8) is 0 Å². The standard InChI is InChI=1S/C18H23ClN2O2/c1-2-10-21-16-9-11-20(12-13(16)7-8-17(21)22)18(23)14-5-3-4-6-15(14)19/h3-6,13,16H,2,7-12H2,1H3/t13-,16+/m0/s1. The smallest absolute Gasteiger partial charge is 0.255 e. The number of fused-ring (bicyclic) bond motifs is 1. The third-order valence-corrected chi connectivity index (χ3v) is 5.33. The van der Waals surface area contributed by atoms with Crippen LogP contribution in [-0.4, -0.2) is 47.3 Å². The van der Waals surface area contributed by atoms with Crippen LogP contribution in [0, 0.1) is 5.92 Å². The van der Waals surface area contributed by atoms with Gasteiger partial charge in [0.2, 0.25) is 5.91 Å². The highest BCUT2D eigenvalue weighted by molar-refractivity contribution is 6.33. The lowest BCUT2D eigenvalue weighted by Crippen LogP contribution is -2.57. The molecule has 0 spiro atoms. The molecule has 23 heavy (non-hydrogen) atoms. The molecular formula is C18H23ClN2O2. The van der Waals surface area contributed by atoms with Gasteiger partial charge in [0.15, 0.2) is 0 Å². The molecule has 3 rings (SSSR count). The van der Waals surface area contributed by atoms with E-state index in [1.54, 1.807) is 12.1 Å². The van der Waals surface area contributed by atoms with Crippen LogP contribution >= 0.6 is 11.6 Å². The fourth-order valence-electron chi connectivity index (χ4n) is 3.87. The molecule has 2 atom stereocenters. The zero-order valence-corrected chi connectivity index (χ0v) is 14.3. The first-order valence-corrected chi connectivity index (χ1v) is 8.83. The summed E-state index contributed by atoms with van der Waals surface area (Å²) in [6.45, 7) is 4.35. The van der Waals surface area contributed by atoms with Crippen LogP contribution in [0.5, 0.6) is 0 Å². The Morgan fingerprint density at radius 3 is 2.83 bits per heavy atom. The number of carbonyl (C=O) groups is 2. The Kier molecular flexibility index (Phi) is 4.90. The Labute approximate surface area is 142 Å². The van der Waals surface area contributed by atoms with Gasteiger partial charge in [-0.25, -0.2) is 0 Å². The fourth-order valence-corrected chi connectivity index (χ4v) is 4.09. The number of halogens is 1. The summed E-state index contributed by atoms with van der Waals surface area (Å²) in [7, 11) is 0. The van der Waals surface area contributed by atoms with E-state index in [1.807, 2.05) is 21.9 Å². The van der Waals surface area contributed by atoms with Crippen molar-refractivity contribution in [2.75, 3.05) is 19.6 Å². The second-order valence-electron chi connectivity index (χ2n) is 6.47. The van der Waals surface area contributed by atoms with Crippen molar-refractivity contribution < 1.29 is 9.59 Å². The molecule has 0 aromatic heterocycles. The molecular weight excluding hydrogens is 312 g/mol. The highest BCUT2D eigenvalue weighted by atomic mass is 35.5. The van der Waals surface area contributed by atoms with E-state index in [1.165, 1.54) is 0 Å². The summed E-state index contributed by atoms with van der Waals surface area (Å²) in [5.74, 6) is 0.673. The molecule has 0 aliphatic carbocycles. The second kappa shape index (κ2) is 6.91. The highest BCUT2D eigenvalue weighted by Crippen LogP contribution is 2.32. The SMILES string of the molecule is CCCN1C(=O)CC[C@H]2CN(C(=O)c3ccccc3Cl)CC[C@H]21. The molecule has 2 aliphatic rings. The first-order chi connectivity index (χ1) is 11.1. The number of likely N-dealkylation sites (tertiary alicyclic amines) is 2. The molecule has 0 N–H and O–H groups in total. The largest absolute Gasteiger partial charge is 0.339 e. The van der Waals surface area contributed by atoms with Crippen LogP contribution in [0.2, 0.25) is 5.02 Å². The Bertz CT molecular complexity index is 604. The van der Waals surface area contributed by atoms with E-state index >= 15 is 0 Å². The summed E-state index contributed by atoms with van der Waals surface area (Å²) in [4.78, 5) is 28.8. The first-order valence-electron chi connectivity index (χ1n) is 8.45. The van der Waals surface area contributed by atoms with Crippen LogP contribution in [-0.2, 0) is 4.79 Å². The normalized spacial score (nSPS) is 24.5. The Hall–Kier alpha value is -1.55. The molecule has 124 valence electrons. The predicted molar refractivity (Wildman–Crippen MR) is 90.5 cm³/mol. The lowest BCUT2D eigenvalue weighted by atomic mass is 9.83. The van der Waals surface area contributed by atoms with Crippen LogP contribution in [0.4, 0.5) is 0 Å². The van der Waals surface area contributed by atoms with Gasteiger partial charge in [0.05, 0.1) is 10.6 Å². The number of piperidine rings is 2. The molecule has 0 bridgehead atoms. The molecule has 0 saturated carbocycles. The molecule has 0 radical (unpaired) electrons. The average molecular weight is 335 g/mol. The Morgan fingerprint density at radius 1 is 1.30 bits per heavy atom. The van der Waals surface area contributed by atoms with Crippen molar-refractivity contribution in [3.8, 4) is 0 Å². The molecule has 4 nitrogen and oxygen atoms in total. The minimum absolute atomic E-state index is 0.00740. The van der Waals surface area contributed by atoms with Crippen molar-refractivity contribution >= 4 is 23.4 Å². The molecule has 2 saturated heterocycles. The van der Waals surface area contributed by atoms with Gasteiger partial charge in [0.1, 0.15) is 0 Å². The van der Waals surface area contributed by atoms with Gasteiger partial charge in [-0.1, -0.05) is 30.7 Å². The molecule has 2 heterocycles. The summed E-state index contributed by atoms with van der Waals surface area (Å²) in [5, 5.41) is 0.506. The number of nitrogens with zero attached hydrogens (tertiary/aromatic N) is 2. The van der Waals surface area contributed by atoms with Crippen LogP contribution in [0.25, 0.3) is 0 Å². The van der Waals surface area contributed by atoms with E-state index in [2.05, 4.69) is 6.92 Å². The maximum absolute atomic E-state index is 12.7. The zero-order valence-electron chi connectivity index (χ0n) is 13.5. The van der Waals surface area contributed by atoms with Gasteiger partial charge in [-0.05, 0) is 37.3 Å². The van der Waals surface area contributed by atoms with E-state index in [-0.39, 0.29) is 11.8 Å².